The first-order valence-corrected chi connectivity index (χ1v) is 22.7. The molecule has 0 amide bonds. The number of rotatable bonds is 3. The monoisotopic (exact) mass is 684 g/mol. The second kappa shape index (κ2) is 12.5. The second-order valence-electron chi connectivity index (χ2n) is 15.8. The first-order valence-electron chi connectivity index (χ1n) is 15.5. The van der Waals surface area contributed by atoms with E-state index in [-0.39, 0.29) is 35.6 Å². The number of fused-ring (bicyclic) bond motifs is 3. The van der Waals surface area contributed by atoms with Gasteiger partial charge in [0.2, 0.25) is 0 Å². The minimum absolute atomic E-state index is 0. The normalized spacial score (nSPS) is 18.6. The van der Waals surface area contributed by atoms with Crippen molar-refractivity contribution in [3.8, 4) is 11.1 Å². The third kappa shape index (κ3) is 6.77. The predicted octanol–water partition coefficient (Wildman–Crippen LogP) is 3.97. The van der Waals surface area contributed by atoms with E-state index in [0.29, 0.717) is 5.92 Å². The topological polar surface area (TPSA) is 0 Å². The van der Waals surface area contributed by atoms with Gasteiger partial charge in [0.25, 0.3) is 0 Å². The van der Waals surface area contributed by atoms with Gasteiger partial charge < -0.3 is 24.8 Å². The van der Waals surface area contributed by atoms with Crippen molar-refractivity contribution < 1.29 is 46.1 Å². The Balaban J connectivity index is 0.00000231. The maximum absolute atomic E-state index is 2.74. The third-order valence-electron chi connectivity index (χ3n) is 9.59. The average Bonchev–Trinajstić information content (AvgIpc) is 3.36. The van der Waals surface area contributed by atoms with Crippen LogP contribution in [0, 0.1) is 5.92 Å². The Morgan fingerprint density at radius 1 is 0.780 bits per heavy atom. The summed E-state index contributed by atoms with van der Waals surface area (Å²) in [5, 5.41) is 1.75. The van der Waals surface area contributed by atoms with E-state index in [1.165, 1.54) is 43.2 Å². The van der Waals surface area contributed by atoms with E-state index in [9.17, 15) is 0 Å². The molecule has 0 aliphatic heterocycles. The summed E-state index contributed by atoms with van der Waals surface area (Å²) in [6.45, 7) is 27.0. The van der Waals surface area contributed by atoms with E-state index in [1.54, 1.807) is 33.0 Å². The van der Waals surface area contributed by atoms with Crippen molar-refractivity contribution in [3.05, 3.63) is 72.7 Å². The van der Waals surface area contributed by atoms with Crippen molar-refractivity contribution in [2.24, 2.45) is 5.92 Å². The van der Waals surface area contributed by atoms with Crippen molar-refractivity contribution in [2.45, 2.75) is 124 Å². The fourth-order valence-corrected chi connectivity index (χ4v) is 18.9. The maximum Gasteiger partial charge on any atom is -1.00 e. The predicted molar refractivity (Wildman–Crippen MR) is 173 cm³/mol. The first kappa shape index (κ1) is 35.0. The fourth-order valence-electron chi connectivity index (χ4n) is 7.32. The second-order valence-corrected chi connectivity index (χ2v) is 27.1. The van der Waals surface area contributed by atoms with Gasteiger partial charge in [-0.1, -0.05) is 0 Å². The Morgan fingerprint density at radius 2 is 1.37 bits per heavy atom. The molecule has 3 aliphatic carbocycles. The number of benzene rings is 2. The summed E-state index contributed by atoms with van der Waals surface area (Å²) >= 11 is -2.32. The number of halogens is 2. The fraction of sp³-hybridized carbons (Fsp3) is 0.541. The van der Waals surface area contributed by atoms with Crippen molar-refractivity contribution >= 4 is 14.6 Å². The zero-order valence-corrected chi connectivity index (χ0v) is 32.5. The van der Waals surface area contributed by atoms with Gasteiger partial charge in [-0.05, 0) is 0 Å². The summed E-state index contributed by atoms with van der Waals surface area (Å²) in [5.74, 6) is 0.612. The molecule has 0 heterocycles. The van der Waals surface area contributed by atoms with Crippen LogP contribution < -0.4 is 28.1 Å². The molecule has 0 nitrogen and oxygen atoms in total. The van der Waals surface area contributed by atoms with E-state index in [0.717, 1.165) is 6.42 Å². The Morgan fingerprint density at radius 3 is 1.90 bits per heavy atom. The molecule has 0 spiro atoms. The van der Waals surface area contributed by atoms with Gasteiger partial charge in [-0.2, -0.15) is 0 Å². The summed E-state index contributed by atoms with van der Waals surface area (Å²) in [7, 11) is -1.38. The van der Waals surface area contributed by atoms with Crippen LogP contribution in [0.25, 0.3) is 11.1 Å². The molecular weight excluding hydrogens is 635 g/mol. The van der Waals surface area contributed by atoms with Crippen molar-refractivity contribution in [3.63, 3.8) is 0 Å². The zero-order chi connectivity index (χ0) is 28.5. The largest absolute Gasteiger partial charge is 1.00 e. The quantitative estimate of drug-likeness (QED) is 0.367. The van der Waals surface area contributed by atoms with Gasteiger partial charge in [-0.3, -0.25) is 0 Å². The SMILES string of the molecule is CC1=[C]([Zr+2](=[C]2CCCCC2)[c]2cc(C(C)(C)C)cc3c2Cc2ccc(C(C)(C)C)cc2-3)C(C)C=C1[Si](C)(C)C.[Cl-].[Cl-]. The molecule has 222 valence electrons. The smallest absolute Gasteiger partial charge is 1.00 e. The molecule has 5 rings (SSSR count). The molecule has 4 heteroatoms. The summed E-state index contributed by atoms with van der Waals surface area (Å²) in [6.07, 6.45) is 10.8. The Labute approximate surface area is 272 Å². The molecular formula is C37H52Cl2SiZr. The van der Waals surface area contributed by atoms with Gasteiger partial charge >= 0.3 is 250 Å². The molecule has 1 fully saturated rings. The molecule has 0 saturated heterocycles. The minimum atomic E-state index is -2.32. The van der Waals surface area contributed by atoms with E-state index in [4.69, 9.17) is 0 Å². The Bertz CT molecular complexity index is 1410. The summed E-state index contributed by atoms with van der Waals surface area (Å²) in [4.78, 5) is 0. The van der Waals surface area contributed by atoms with E-state index >= 15 is 0 Å². The van der Waals surface area contributed by atoms with Gasteiger partial charge in [-0.25, -0.2) is 0 Å². The summed E-state index contributed by atoms with van der Waals surface area (Å²) in [5.41, 5.74) is 11.4. The zero-order valence-electron chi connectivity index (χ0n) is 27.5. The number of hydrogen-bond acceptors (Lipinski definition) is 0. The van der Waals surface area contributed by atoms with Crippen molar-refractivity contribution in [2.75, 3.05) is 0 Å². The molecule has 0 radical (unpaired) electrons. The molecule has 1 unspecified atom stereocenters. The molecule has 0 bridgehead atoms. The van der Waals surface area contributed by atoms with E-state index in [1.807, 2.05) is 9.76 Å². The van der Waals surface area contributed by atoms with Gasteiger partial charge in [0, 0.05) is 0 Å². The molecule has 1 saturated carbocycles. The van der Waals surface area contributed by atoms with Crippen LogP contribution in [0.3, 0.4) is 0 Å². The van der Waals surface area contributed by atoms with E-state index in [2.05, 4.69) is 111 Å². The van der Waals surface area contributed by atoms with Gasteiger partial charge in [0.15, 0.2) is 0 Å². The van der Waals surface area contributed by atoms with Gasteiger partial charge in [0.05, 0.1) is 0 Å². The van der Waals surface area contributed by atoms with Crippen LogP contribution in [-0.2, 0) is 38.5 Å². The van der Waals surface area contributed by atoms with Crippen LogP contribution in [0.15, 0.2) is 50.5 Å². The standard InChI is InChI=1S/C21H25.C10H17Si.C6H10.2ClH.Zr/c1-20(2,3)16-9-7-14-11-15-8-10-17(21(4,5)6)13-19(15)18(14)12-16;1-8-6-9(2)10(7-8)11(3,4)5;1-2-4-6-5-3-1;;;/h7,9-10,12-13H,11H2,1-6H3;7-8H,1-5H3;1-5H2;2*1H;/q;;;;;+2/p-2. The summed E-state index contributed by atoms with van der Waals surface area (Å²) in [6, 6.07) is 12.7. The Hall–Kier alpha value is -0.530. The third-order valence-corrected chi connectivity index (χ3v) is 20.5. The maximum atomic E-state index is 2.74. The Kier molecular flexibility index (Phi) is 10.6. The number of allylic oxidation sites excluding steroid dienone is 4. The van der Waals surface area contributed by atoms with Crippen LogP contribution in [0.2, 0.25) is 19.6 Å². The molecule has 2 aromatic carbocycles. The van der Waals surface area contributed by atoms with Crippen molar-refractivity contribution in [1.82, 2.24) is 0 Å². The van der Waals surface area contributed by atoms with Crippen LogP contribution in [-0.4, -0.2) is 11.3 Å². The van der Waals surface area contributed by atoms with E-state index < -0.39 is 29.3 Å². The van der Waals surface area contributed by atoms with Gasteiger partial charge in [0.1, 0.15) is 0 Å². The minimum Gasteiger partial charge on any atom is -1.00 e. The number of hydrogen-bond donors (Lipinski definition) is 0. The molecule has 2 aromatic rings. The molecule has 1 atom stereocenters. The molecule has 3 aliphatic rings. The van der Waals surface area contributed by atoms with Crippen molar-refractivity contribution in [1.29, 1.82) is 0 Å². The first-order chi connectivity index (χ1) is 18.1. The molecule has 0 N–H and O–H groups in total. The summed E-state index contributed by atoms with van der Waals surface area (Å²) < 4.78 is 5.76. The van der Waals surface area contributed by atoms with Crippen LogP contribution in [0.4, 0.5) is 0 Å². The van der Waals surface area contributed by atoms with Crippen LogP contribution >= 0.6 is 0 Å². The van der Waals surface area contributed by atoms with Crippen LogP contribution in [0.1, 0.15) is 110 Å². The van der Waals surface area contributed by atoms with Gasteiger partial charge in [-0.15, -0.1) is 0 Å². The average molecular weight is 687 g/mol. The molecule has 41 heavy (non-hydrogen) atoms. The van der Waals surface area contributed by atoms with Crippen LogP contribution in [0.5, 0.6) is 0 Å². The molecule has 0 aromatic heterocycles.